The van der Waals surface area contributed by atoms with Crippen molar-refractivity contribution in [1.82, 2.24) is 19.9 Å². The van der Waals surface area contributed by atoms with Crippen molar-refractivity contribution in [2.45, 2.75) is 209 Å². The summed E-state index contributed by atoms with van der Waals surface area (Å²) in [5.74, 6) is 2.67. The molecule has 7 rings (SSSR count). The van der Waals surface area contributed by atoms with Gasteiger partial charge in [0.2, 0.25) is 0 Å². The molecule has 0 fully saturated rings. The van der Waals surface area contributed by atoms with Crippen LogP contribution in [0, 0.1) is 0 Å². The van der Waals surface area contributed by atoms with E-state index in [4.69, 9.17) is 47.0 Å². The molecular formula is C72H104N4O10P2. The summed E-state index contributed by atoms with van der Waals surface area (Å²) in [6.07, 6.45) is 34.9. The molecule has 2 aliphatic rings. The Morgan fingerprint density at radius 3 is 0.875 bits per heavy atom. The standard InChI is InChI=1S/C72H104N4O10P2/c1-9-17-21-25-29-33-45-79-57-49-55(50-58(53-57)80-46-34-30-26-22-18-10-2)69-61-37-41-65(73-61)71(87(77,83-13-5)84-14-6)67-43-39-63(75-67)70(64-40-44-68(76-64)72(66-42-38-62(69)74-66)88(78,85-15-7)86-16-8)56-51-59(81-47-35-31-27-23-19-11-3)54-60(52-56)82-48-36-32-28-24-20-12-4/h37-44,49-54,73,76H,9-36,45-48H2,1-8H3. The highest BCUT2D eigenvalue weighted by molar-refractivity contribution is 7.63. The van der Waals surface area contributed by atoms with E-state index in [0.29, 0.717) is 105 Å². The van der Waals surface area contributed by atoms with Crippen LogP contribution in [0.25, 0.3) is 68.6 Å². The lowest BCUT2D eigenvalue weighted by molar-refractivity contribution is 0.229. The van der Waals surface area contributed by atoms with Crippen LogP contribution in [0.15, 0.2) is 60.7 Å². The quantitative estimate of drug-likeness (QED) is 0.0275. The molecule has 5 aromatic rings. The maximum absolute atomic E-state index is 15.6. The predicted molar refractivity (Wildman–Crippen MR) is 366 cm³/mol. The van der Waals surface area contributed by atoms with E-state index in [1.54, 1.807) is 0 Å². The highest BCUT2D eigenvalue weighted by atomic mass is 31.2. The molecule has 5 heterocycles. The molecule has 0 aliphatic carbocycles. The number of benzene rings is 2. The second-order valence-electron chi connectivity index (χ2n) is 23.0. The van der Waals surface area contributed by atoms with E-state index < -0.39 is 15.2 Å². The molecule has 8 bridgehead atoms. The van der Waals surface area contributed by atoms with Gasteiger partial charge in [0, 0.05) is 34.3 Å². The van der Waals surface area contributed by atoms with Gasteiger partial charge >= 0.3 is 15.2 Å². The third-order valence-electron chi connectivity index (χ3n) is 15.8. The molecule has 0 atom stereocenters. The second kappa shape index (κ2) is 37.6. The molecule has 0 saturated heterocycles. The van der Waals surface area contributed by atoms with Crippen molar-refractivity contribution in [3.05, 3.63) is 83.4 Å². The maximum Gasteiger partial charge on any atom is 0.365 e. The first-order chi connectivity index (χ1) is 43.0. The van der Waals surface area contributed by atoms with E-state index in [1.807, 2.05) is 113 Å². The fourth-order valence-electron chi connectivity index (χ4n) is 11.4. The molecule has 0 saturated carbocycles. The summed E-state index contributed by atoms with van der Waals surface area (Å²) in [5.41, 5.74) is 7.08. The van der Waals surface area contributed by atoms with Gasteiger partial charge in [0.05, 0.1) is 86.7 Å². The van der Waals surface area contributed by atoms with E-state index in [1.165, 1.54) is 103 Å². The minimum atomic E-state index is -4.10. The van der Waals surface area contributed by atoms with Crippen LogP contribution in [0.4, 0.5) is 0 Å². The third-order valence-corrected chi connectivity index (χ3v) is 20.3. The van der Waals surface area contributed by atoms with Gasteiger partial charge in [0.15, 0.2) is 0 Å². The molecule has 2 N–H and O–H groups in total. The summed E-state index contributed by atoms with van der Waals surface area (Å²) in [4.78, 5) is 18.2. The van der Waals surface area contributed by atoms with E-state index in [9.17, 15) is 0 Å². The fourth-order valence-corrected chi connectivity index (χ4v) is 15.1. The number of rotatable bonds is 44. The Morgan fingerprint density at radius 1 is 0.330 bits per heavy atom. The van der Waals surface area contributed by atoms with Crippen LogP contribution in [0.3, 0.4) is 0 Å². The lowest BCUT2D eigenvalue weighted by atomic mass is 10.0. The van der Waals surface area contributed by atoms with Gasteiger partial charge in [-0.3, -0.25) is 9.13 Å². The SMILES string of the molecule is CCCCCCCCOc1cc(OCCCCCCCC)cc(-c2c3nc(c(P(=O)(OCC)OCC)c4ccc([nH]4)c(-c4cc(OCCCCCCCC)cc(OCCCCCCCC)c4)c4nc(c(P(=O)(OCC)OCC)c5ccc2[nH]5)C=C4)C=C3)c1. The zero-order chi connectivity index (χ0) is 62.4. The maximum atomic E-state index is 15.6. The van der Waals surface area contributed by atoms with Crippen LogP contribution in [0.1, 0.15) is 232 Å². The van der Waals surface area contributed by atoms with Crippen LogP contribution >= 0.6 is 15.2 Å². The Kier molecular flexibility index (Phi) is 29.9. The van der Waals surface area contributed by atoms with Crippen molar-refractivity contribution < 1.29 is 46.2 Å². The van der Waals surface area contributed by atoms with E-state index in [-0.39, 0.29) is 37.0 Å². The zero-order valence-corrected chi connectivity index (χ0v) is 56.4. The minimum absolute atomic E-state index is 0.119. The number of H-pyrrole nitrogens is 2. The second-order valence-corrected chi connectivity index (χ2v) is 26.9. The van der Waals surface area contributed by atoms with E-state index >= 15 is 9.13 Å². The average molecular weight is 1250 g/mol. The number of nitrogens with one attached hydrogen (secondary N) is 2. The van der Waals surface area contributed by atoms with E-state index in [2.05, 4.69) is 37.7 Å². The molecule has 2 aromatic carbocycles. The van der Waals surface area contributed by atoms with Crippen molar-refractivity contribution >= 4 is 72.2 Å². The highest BCUT2D eigenvalue weighted by Crippen LogP contribution is 2.51. The lowest BCUT2D eigenvalue weighted by Gasteiger charge is -2.18. The molecular weight excluding hydrogens is 1140 g/mol. The van der Waals surface area contributed by atoms with Gasteiger partial charge in [-0.1, -0.05) is 156 Å². The van der Waals surface area contributed by atoms with Gasteiger partial charge in [-0.05, 0) is 137 Å². The largest absolute Gasteiger partial charge is 0.493 e. The molecule has 16 heteroatoms. The summed E-state index contributed by atoms with van der Waals surface area (Å²) in [7, 11) is -8.21. The summed E-state index contributed by atoms with van der Waals surface area (Å²) in [6.45, 7) is 18.9. The van der Waals surface area contributed by atoms with Crippen molar-refractivity contribution in [2.24, 2.45) is 0 Å². The number of nitrogens with zero attached hydrogens (tertiary/aromatic N) is 2. The first kappa shape index (κ1) is 70.0. The Bertz CT molecular complexity index is 2970. The van der Waals surface area contributed by atoms with Crippen LogP contribution < -0.4 is 29.6 Å². The fraction of sp³-hybridized carbons (Fsp3) is 0.556. The van der Waals surface area contributed by atoms with Crippen molar-refractivity contribution in [3.63, 3.8) is 0 Å². The molecule has 2 aliphatic heterocycles. The molecule has 14 nitrogen and oxygen atoms in total. The Balaban J connectivity index is 1.52. The van der Waals surface area contributed by atoms with E-state index in [0.717, 1.165) is 62.5 Å². The molecule has 0 unspecified atom stereocenters. The molecule has 0 spiro atoms. The van der Waals surface area contributed by atoms with Gasteiger partial charge in [0.1, 0.15) is 33.6 Å². The molecule has 88 heavy (non-hydrogen) atoms. The normalized spacial score (nSPS) is 12.4. The molecule has 0 radical (unpaired) electrons. The van der Waals surface area contributed by atoms with Crippen LogP contribution in [-0.4, -0.2) is 72.8 Å². The van der Waals surface area contributed by atoms with Gasteiger partial charge in [-0.2, -0.15) is 0 Å². The molecule has 482 valence electrons. The predicted octanol–water partition coefficient (Wildman–Crippen LogP) is 20.7. The van der Waals surface area contributed by atoms with Crippen molar-refractivity contribution in [2.75, 3.05) is 52.9 Å². The minimum Gasteiger partial charge on any atom is -0.493 e. The van der Waals surface area contributed by atoms with Crippen LogP contribution in [0.2, 0.25) is 0 Å². The zero-order valence-electron chi connectivity index (χ0n) is 54.6. The first-order valence-electron chi connectivity index (χ1n) is 33.8. The number of hydrogen-bond donors (Lipinski definition) is 2. The first-order valence-corrected chi connectivity index (χ1v) is 36.9. The number of hydrogen-bond acceptors (Lipinski definition) is 12. The van der Waals surface area contributed by atoms with Crippen molar-refractivity contribution in [3.8, 4) is 45.3 Å². The van der Waals surface area contributed by atoms with Crippen LogP contribution in [0.5, 0.6) is 23.0 Å². The summed E-state index contributed by atoms with van der Waals surface area (Å²) in [5, 5.41) is 0.566. The molecule has 3 aromatic heterocycles. The molecule has 0 amide bonds. The number of aromatic nitrogens is 4. The Morgan fingerprint density at radius 2 is 0.591 bits per heavy atom. The highest BCUT2D eigenvalue weighted by Gasteiger charge is 2.35. The van der Waals surface area contributed by atoms with Gasteiger partial charge in [-0.15, -0.1) is 0 Å². The van der Waals surface area contributed by atoms with Gasteiger partial charge in [-0.25, -0.2) is 9.97 Å². The number of fused-ring (bicyclic) bond motifs is 8. The number of aromatic amines is 2. The van der Waals surface area contributed by atoms with Crippen molar-refractivity contribution in [1.29, 1.82) is 0 Å². The smallest absolute Gasteiger partial charge is 0.365 e. The third kappa shape index (κ3) is 20.3. The number of unbranched alkanes of at least 4 members (excludes halogenated alkanes) is 20. The Labute approximate surface area is 526 Å². The monoisotopic (exact) mass is 1250 g/mol. The number of ether oxygens (including phenoxy) is 4. The average Bonchev–Trinajstić information content (AvgIpc) is 1.97. The Hall–Kier alpha value is -5.46. The van der Waals surface area contributed by atoms with Gasteiger partial charge < -0.3 is 47.0 Å². The summed E-state index contributed by atoms with van der Waals surface area (Å²) < 4.78 is 82.7. The lowest BCUT2D eigenvalue weighted by Crippen LogP contribution is -2.15. The summed E-state index contributed by atoms with van der Waals surface area (Å²) in [6, 6.07) is 19.8. The topological polar surface area (TPSA) is 165 Å². The summed E-state index contributed by atoms with van der Waals surface area (Å²) >= 11 is 0. The van der Waals surface area contributed by atoms with Crippen LogP contribution in [-0.2, 0) is 27.2 Å². The van der Waals surface area contributed by atoms with Gasteiger partial charge in [0.25, 0.3) is 0 Å².